The van der Waals surface area contributed by atoms with E-state index in [1.807, 2.05) is 25.1 Å². The van der Waals surface area contributed by atoms with Crippen LogP contribution in [0.2, 0.25) is 0 Å². The van der Waals surface area contributed by atoms with Crippen LogP contribution in [0.3, 0.4) is 0 Å². The summed E-state index contributed by atoms with van der Waals surface area (Å²) < 4.78 is 17.0. The molecule has 0 unspecified atom stereocenters. The molecule has 0 fully saturated rings. The molecule has 1 rings (SSSR count). The molecule has 22 heavy (non-hydrogen) atoms. The van der Waals surface area contributed by atoms with Gasteiger partial charge < -0.3 is 19.3 Å². The number of ether oxygens (including phenoxy) is 3. The average molecular weight is 310 g/mol. The fraction of sp³-hybridized carbons (Fsp3) is 0.667. The average Bonchev–Trinajstić information content (AvgIpc) is 2.55. The molecule has 0 spiro atoms. The molecule has 0 aromatic heterocycles. The lowest BCUT2D eigenvalue weighted by Crippen LogP contribution is -2.31. The Bertz CT molecular complexity index is 369. The molecule has 1 aromatic carbocycles. The number of benzene rings is 1. The minimum Gasteiger partial charge on any atom is -0.396 e. The molecule has 0 heterocycles. The summed E-state index contributed by atoms with van der Waals surface area (Å²) in [4.78, 5) is 0. The van der Waals surface area contributed by atoms with Gasteiger partial charge in [0.15, 0.2) is 0 Å². The molecule has 0 saturated heterocycles. The van der Waals surface area contributed by atoms with Crippen molar-refractivity contribution < 1.29 is 19.3 Å². The first-order valence-electron chi connectivity index (χ1n) is 8.14. The smallest absolute Gasteiger partial charge is 0.0724 e. The van der Waals surface area contributed by atoms with Gasteiger partial charge in [-0.15, -0.1) is 0 Å². The maximum atomic E-state index is 9.08. The summed E-state index contributed by atoms with van der Waals surface area (Å²) in [5.74, 6) is 0. The fourth-order valence-electron chi connectivity index (χ4n) is 2.21. The van der Waals surface area contributed by atoms with Crippen LogP contribution in [0.25, 0.3) is 0 Å². The van der Waals surface area contributed by atoms with Crippen LogP contribution in [0.5, 0.6) is 0 Å². The van der Waals surface area contributed by atoms with Crippen molar-refractivity contribution in [1.29, 1.82) is 0 Å². The summed E-state index contributed by atoms with van der Waals surface area (Å²) in [6.07, 6.45) is 2.38. The fourth-order valence-corrected chi connectivity index (χ4v) is 2.21. The van der Waals surface area contributed by atoms with Gasteiger partial charge in [-0.3, -0.25) is 0 Å². The van der Waals surface area contributed by atoms with Gasteiger partial charge in [0, 0.05) is 19.8 Å². The highest BCUT2D eigenvalue weighted by atomic mass is 16.5. The first-order chi connectivity index (χ1) is 10.7. The molecule has 1 aromatic rings. The van der Waals surface area contributed by atoms with E-state index in [0.717, 1.165) is 31.4 Å². The molecule has 0 saturated carbocycles. The topological polar surface area (TPSA) is 47.9 Å². The van der Waals surface area contributed by atoms with Gasteiger partial charge in [-0.2, -0.15) is 0 Å². The molecule has 1 atom stereocenters. The summed E-state index contributed by atoms with van der Waals surface area (Å²) in [5.41, 5.74) is 0.888. The monoisotopic (exact) mass is 310 g/mol. The molecule has 0 amide bonds. The zero-order valence-corrected chi connectivity index (χ0v) is 13.9. The highest BCUT2D eigenvalue weighted by molar-refractivity contribution is 5.13. The van der Waals surface area contributed by atoms with Crippen LogP contribution in [0.15, 0.2) is 30.3 Å². The Morgan fingerprint density at radius 3 is 2.41 bits per heavy atom. The summed E-state index contributed by atoms with van der Waals surface area (Å²) in [6.45, 7) is 7.46. The van der Waals surface area contributed by atoms with Crippen molar-refractivity contribution in [2.24, 2.45) is 0 Å². The van der Waals surface area contributed by atoms with Crippen molar-refractivity contribution >= 4 is 0 Å². The molecule has 0 bridgehead atoms. The maximum absolute atomic E-state index is 9.08. The molecule has 4 heteroatoms. The predicted molar refractivity (Wildman–Crippen MR) is 87.9 cm³/mol. The highest BCUT2D eigenvalue weighted by Gasteiger charge is 2.24. The Labute approximate surface area is 134 Å². The van der Waals surface area contributed by atoms with E-state index in [4.69, 9.17) is 19.3 Å². The number of hydrogen-bond donors (Lipinski definition) is 1. The van der Waals surface area contributed by atoms with E-state index in [9.17, 15) is 0 Å². The zero-order chi connectivity index (χ0) is 16.1. The third-order valence-corrected chi connectivity index (χ3v) is 3.65. The van der Waals surface area contributed by atoms with E-state index >= 15 is 0 Å². The molecular formula is C18H30O4. The predicted octanol–water partition coefficient (Wildman–Crippen LogP) is 3.18. The van der Waals surface area contributed by atoms with E-state index in [-0.39, 0.29) is 12.2 Å². The van der Waals surface area contributed by atoms with E-state index in [2.05, 4.69) is 19.1 Å². The van der Waals surface area contributed by atoms with Gasteiger partial charge in [-0.1, -0.05) is 30.3 Å². The second kappa shape index (κ2) is 11.6. The Morgan fingerprint density at radius 2 is 1.73 bits per heavy atom. The second-order valence-electron chi connectivity index (χ2n) is 5.61. The molecule has 0 aliphatic rings. The summed E-state index contributed by atoms with van der Waals surface area (Å²) in [6, 6.07) is 10.2. The van der Waals surface area contributed by atoms with Gasteiger partial charge >= 0.3 is 0 Å². The standard InChI is InChI=1S/C18H30O4/c1-3-20-14-15-21-13-11-18(2,10-7-12-19)22-16-17-8-5-4-6-9-17/h4-6,8-9,19H,3,7,10-16H2,1-2H3/t18-/m1/s1. The van der Waals surface area contributed by atoms with Crippen molar-refractivity contribution in [3.63, 3.8) is 0 Å². The normalized spacial score (nSPS) is 14.0. The van der Waals surface area contributed by atoms with E-state index in [1.54, 1.807) is 0 Å². The summed E-state index contributed by atoms with van der Waals surface area (Å²) in [5, 5.41) is 9.08. The molecule has 4 nitrogen and oxygen atoms in total. The van der Waals surface area contributed by atoms with Crippen LogP contribution in [-0.2, 0) is 20.8 Å². The van der Waals surface area contributed by atoms with Crippen molar-refractivity contribution in [2.45, 2.75) is 45.3 Å². The molecule has 0 radical (unpaired) electrons. The minimum atomic E-state index is -0.274. The number of aliphatic hydroxyl groups is 1. The lowest BCUT2D eigenvalue weighted by molar-refractivity contribution is -0.0738. The molecule has 1 N–H and O–H groups in total. The largest absolute Gasteiger partial charge is 0.396 e. The van der Waals surface area contributed by atoms with Crippen LogP contribution in [0.1, 0.15) is 38.7 Å². The number of rotatable bonds is 13. The van der Waals surface area contributed by atoms with E-state index in [0.29, 0.717) is 26.4 Å². The van der Waals surface area contributed by atoms with Gasteiger partial charge in [0.2, 0.25) is 0 Å². The van der Waals surface area contributed by atoms with E-state index in [1.165, 1.54) is 0 Å². The van der Waals surface area contributed by atoms with Gasteiger partial charge in [0.25, 0.3) is 0 Å². The van der Waals surface area contributed by atoms with E-state index < -0.39 is 0 Å². The lowest BCUT2D eigenvalue weighted by Gasteiger charge is -2.30. The summed E-state index contributed by atoms with van der Waals surface area (Å²) in [7, 11) is 0. The summed E-state index contributed by atoms with van der Waals surface area (Å²) >= 11 is 0. The maximum Gasteiger partial charge on any atom is 0.0724 e. The molecule has 0 aliphatic carbocycles. The number of aliphatic hydroxyl groups excluding tert-OH is 1. The van der Waals surface area contributed by atoms with Crippen molar-refractivity contribution in [3.8, 4) is 0 Å². The third kappa shape index (κ3) is 8.49. The van der Waals surface area contributed by atoms with Crippen molar-refractivity contribution in [3.05, 3.63) is 35.9 Å². The SMILES string of the molecule is CCOCCOCC[C@@](C)(CCCO)OCc1ccccc1. The van der Waals surface area contributed by atoms with Crippen molar-refractivity contribution in [1.82, 2.24) is 0 Å². The zero-order valence-electron chi connectivity index (χ0n) is 13.9. The van der Waals surface area contributed by atoms with Gasteiger partial charge in [-0.05, 0) is 38.7 Å². The van der Waals surface area contributed by atoms with Gasteiger partial charge in [-0.25, -0.2) is 0 Å². The Hall–Kier alpha value is -0.940. The van der Waals surface area contributed by atoms with Crippen molar-refractivity contribution in [2.75, 3.05) is 33.0 Å². The van der Waals surface area contributed by atoms with Gasteiger partial charge in [0.05, 0.1) is 25.4 Å². The Kier molecular flexibility index (Phi) is 10.1. The molecular weight excluding hydrogens is 280 g/mol. The minimum absolute atomic E-state index is 0.190. The lowest BCUT2D eigenvalue weighted by atomic mass is 9.96. The second-order valence-corrected chi connectivity index (χ2v) is 5.61. The first-order valence-corrected chi connectivity index (χ1v) is 8.14. The first kappa shape index (κ1) is 19.1. The number of hydrogen-bond acceptors (Lipinski definition) is 4. The van der Waals surface area contributed by atoms with Crippen LogP contribution in [0.4, 0.5) is 0 Å². The Balaban J connectivity index is 2.36. The third-order valence-electron chi connectivity index (χ3n) is 3.65. The quantitative estimate of drug-likeness (QED) is 0.569. The molecule has 126 valence electrons. The van der Waals surface area contributed by atoms with Crippen LogP contribution >= 0.6 is 0 Å². The van der Waals surface area contributed by atoms with Gasteiger partial charge in [0.1, 0.15) is 0 Å². The van der Waals surface area contributed by atoms with Crippen LogP contribution < -0.4 is 0 Å². The van der Waals surface area contributed by atoms with Crippen LogP contribution in [0, 0.1) is 0 Å². The highest BCUT2D eigenvalue weighted by Crippen LogP contribution is 2.24. The Morgan fingerprint density at radius 1 is 1.00 bits per heavy atom. The molecule has 0 aliphatic heterocycles. The van der Waals surface area contributed by atoms with Crippen LogP contribution in [-0.4, -0.2) is 43.7 Å².